The van der Waals surface area contributed by atoms with E-state index < -0.39 is 0 Å². The lowest BCUT2D eigenvalue weighted by Crippen LogP contribution is -2.37. The fraction of sp³-hybridized carbons (Fsp3) is 0.636. The zero-order chi connectivity index (χ0) is 12.1. The summed E-state index contributed by atoms with van der Waals surface area (Å²) in [7, 11) is 0. The molecule has 0 amide bonds. The number of nitrogens with zero attached hydrogens (tertiary/aromatic N) is 3. The second kappa shape index (κ2) is 6.07. The van der Waals surface area contributed by atoms with E-state index in [0.29, 0.717) is 0 Å². The predicted octanol–water partition coefficient (Wildman–Crippen LogP) is 0.963. The van der Waals surface area contributed by atoms with Crippen LogP contribution in [0.25, 0.3) is 0 Å². The van der Waals surface area contributed by atoms with E-state index in [1.807, 2.05) is 13.0 Å². The van der Waals surface area contributed by atoms with E-state index >= 15 is 0 Å². The lowest BCUT2D eigenvalue weighted by Gasteiger charge is -2.28. The van der Waals surface area contributed by atoms with Gasteiger partial charge < -0.3 is 15.0 Å². The van der Waals surface area contributed by atoms with Gasteiger partial charge in [0, 0.05) is 31.5 Å². The highest BCUT2D eigenvalue weighted by Crippen LogP contribution is 2.16. The first-order valence-electron chi connectivity index (χ1n) is 5.82. The summed E-state index contributed by atoms with van der Waals surface area (Å²) in [5, 5.41) is 3.23. The minimum Gasteiger partial charge on any atom is -0.378 e. The van der Waals surface area contributed by atoms with Crippen LogP contribution in [-0.4, -0.2) is 48.6 Å². The van der Waals surface area contributed by atoms with Gasteiger partial charge in [0.25, 0.3) is 0 Å². The van der Waals surface area contributed by atoms with E-state index in [4.69, 9.17) is 4.74 Å². The number of thiol groups is 1. The summed E-state index contributed by atoms with van der Waals surface area (Å²) >= 11 is 4.17. The highest BCUT2D eigenvalue weighted by Gasteiger charge is 2.13. The van der Waals surface area contributed by atoms with Crippen LogP contribution in [0.1, 0.15) is 5.82 Å². The van der Waals surface area contributed by atoms with Crippen LogP contribution in [0.5, 0.6) is 0 Å². The number of morpholine rings is 1. The van der Waals surface area contributed by atoms with Crippen molar-refractivity contribution in [3.8, 4) is 0 Å². The van der Waals surface area contributed by atoms with E-state index in [1.54, 1.807) is 0 Å². The Kier molecular flexibility index (Phi) is 4.44. The molecule has 1 aliphatic heterocycles. The molecule has 0 bridgehead atoms. The van der Waals surface area contributed by atoms with Crippen LogP contribution in [0.15, 0.2) is 6.07 Å². The first-order chi connectivity index (χ1) is 8.29. The van der Waals surface area contributed by atoms with Crippen molar-refractivity contribution in [3.05, 3.63) is 11.9 Å². The third-order valence-electron chi connectivity index (χ3n) is 2.58. The number of aromatic nitrogens is 2. The maximum atomic E-state index is 5.34. The quantitative estimate of drug-likeness (QED) is 0.784. The topological polar surface area (TPSA) is 50.3 Å². The Morgan fingerprint density at radius 3 is 2.88 bits per heavy atom. The molecule has 2 heterocycles. The molecule has 0 radical (unpaired) electrons. The summed E-state index contributed by atoms with van der Waals surface area (Å²) in [5.41, 5.74) is 0. The highest BCUT2D eigenvalue weighted by atomic mass is 32.1. The fourth-order valence-electron chi connectivity index (χ4n) is 1.78. The molecule has 1 aliphatic rings. The Bertz CT molecular complexity index is 368. The molecule has 0 aliphatic carbocycles. The maximum absolute atomic E-state index is 5.34. The van der Waals surface area contributed by atoms with Crippen molar-refractivity contribution in [3.63, 3.8) is 0 Å². The number of anilines is 2. The second-order valence-corrected chi connectivity index (χ2v) is 4.36. The van der Waals surface area contributed by atoms with Crippen molar-refractivity contribution in [2.75, 3.05) is 48.8 Å². The van der Waals surface area contributed by atoms with Crippen molar-refractivity contribution in [2.45, 2.75) is 6.92 Å². The van der Waals surface area contributed by atoms with Gasteiger partial charge >= 0.3 is 0 Å². The number of rotatable bonds is 4. The Labute approximate surface area is 107 Å². The summed E-state index contributed by atoms with van der Waals surface area (Å²) in [5.74, 6) is 3.42. The predicted molar refractivity (Wildman–Crippen MR) is 72.1 cm³/mol. The van der Waals surface area contributed by atoms with E-state index in [9.17, 15) is 0 Å². The summed E-state index contributed by atoms with van der Waals surface area (Å²) < 4.78 is 5.34. The number of nitrogens with one attached hydrogen (secondary N) is 1. The van der Waals surface area contributed by atoms with Crippen molar-refractivity contribution >= 4 is 24.3 Å². The van der Waals surface area contributed by atoms with Crippen molar-refractivity contribution in [2.24, 2.45) is 0 Å². The van der Waals surface area contributed by atoms with Crippen LogP contribution in [0.3, 0.4) is 0 Å². The third-order valence-corrected chi connectivity index (χ3v) is 2.80. The van der Waals surface area contributed by atoms with Crippen LogP contribution in [-0.2, 0) is 4.74 Å². The van der Waals surface area contributed by atoms with Gasteiger partial charge in [0.15, 0.2) is 0 Å². The van der Waals surface area contributed by atoms with Crippen LogP contribution in [0.2, 0.25) is 0 Å². The van der Waals surface area contributed by atoms with Gasteiger partial charge in [-0.15, -0.1) is 0 Å². The average Bonchev–Trinajstić information content (AvgIpc) is 2.37. The minimum atomic E-state index is 0.766. The van der Waals surface area contributed by atoms with Crippen molar-refractivity contribution in [1.29, 1.82) is 0 Å². The van der Waals surface area contributed by atoms with E-state index in [2.05, 4.69) is 32.8 Å². The van der Waals surface area contributed by atoms with Crippen molar-refractivity contribution in [1.82, 2.24) is 9.97 Å². The molecule has 94 valence electrons. The maximum Gasteiger partial charge on any atom is 0.134 e. The van der Waals surface area contributed by atoms with Crippen LogP contribution in [0, 0.1) is 6.92 Å². The molecule has 1 N–H and O–H groups in total. The number of ether oxygens (including phenoxy) is 1. The molecule has 5 nitrogen and oxygen atoms in total. The van der Waals surface area contributed by atoms with Gasteiger partial charge in [-0.2, -0.15) is 12.6 Å². The zero-order valence-electron chi connectivity index (χ0n) is 10.0. The third kappa shape index (κ3) is 3.47. The molecule has 1 saturated heterocycles. The minimum absolute atomic E-state index is 0.766. The summed E-state index contributed by atoms with van der Waals surface area (Å²) in [6.45, 7) is 6.04. The van der Waals surface area contributed by atoms with Crippen LogP contribution >= 0.6 is 12.6 Å². The summed E-state index contributed by atoms with van der Waals surface area (Å²) in [4.78, 5) is 11.0. The van der Waals surface area contributed by atoms with E-state index in [-0.39, 0.29) is 0 Å². The lowest BCUT2D eigenvalue weighted by atomic mass is 10.4. The number of hydrogen-bond acceptors (Lipinski definition) is 6. The van der Waals surface area contributed by atoms with Gasteiger partial charge in [0.2, 0.25) is 0 Å². The van der Waals surface area contributed by atoms with Gasteiger partial charge in [-0.1, -0.05) is 0 Å². The summed E-state index contributed by atoms with van der Waals surface area (Å²) in [6, 6.07) is 1.99. The molecule has 1 aromatic heterocycles. The first kappa shape index (κ1) is 12.4. The lowest BCUT2D eigenvalue weighted by molar-refractivity contribution is 0.122. The van der Waals surface area contributed by atoms with Gasteiger partial charge in [-0.3, -0.25) is 0 Å². The normalized spacial score (nSPS) is 16.0. The van der Waals surface area contributed by atoms with E-state index in [1.165, 1.54) is 0 Å². The fourth-order valence-corrected chi connectivity index (χ4v) is 1.89. The molecule has 0 atom stereocenters. The molecule has 17 heavy (non-hydrogen) atoms. The SMILES string of the molecule is Cc1nc(NCCS)cc(N2CCOCC2)n1. The molecule has 2 rings (SSSR count). The molecule has 1 fully saturated rings. The van der Waals surface area contributed by atoms with Gasteiger partial charge in [0.1, 0.15) is 17.5 Å². The largest absolute Gasteiger partial charge is 0.378 e. The number of hydrogen-bond donors (Lipinski definition) is 2. The molecule has 0 unspecified atom stereocenters. The Morgan fingerprint density at radius 1 is 1.41 bits per heavy atom. The first-order valence-corrected chi connectivity index (χ1v) is 6.46. The number of aryl methyl sites for hydroxylation is 1. The van der Waals surface area contributed by atoms with E-state index in [0.717, 1.165) is 56.1 Å². The monoisotopic (exact) mass is 254 g/mol. The average molecular weight is 254 g/mol. The van der Waals surface area contributed by atoms with Crippen LogP contribution < -0.4 is 10.2 Å². The van der Waals surface area contributed by atoms with Gasteiger partial charge in [-0.05, 0) is 6.92 Å². The zero-order valence-corrected chi connectivity index (χ0v) is 10.9. The van der Waals surface area contributed by atoms with Gasteiger partial charge in [0.05, 0.1) is 13.2 Å². The van der Waals surface area contributed by atoms with Gasteiger partial charge in [-0.25, -0.2) is 9.97 Å². The Balaban J connectivity index is 2.12. The summed E-state index contributed by atoms with van der Waals surface area (Å²) in [6.07, 6.45) is 0. The van der Waals surface area contributed by atoms with Crippen molar-refractivity contribution < 1.29 is 4.74 Å². The molecular formula is C11H18N4OS. The van der Waals surface area contributed by atoms with Crippen LogP contribution in [0.4, 0.5) is 11.6 Å². The Morgan fingerprint density at radius 2 is 2.18 bits per heavy atom. The second-order valence-electron chi connectivity index (χ2n) is 3.91. The standard InChI is InChI=1S/C11H18N4OS/c1-9-13-10(12-2-7-17)8-11(14-9)15-3-5-16-6-4-15/h8,17H,2-7H2,1H3,(H,12,13,14). The molecular weight excluding hydrogens is 236 g/mol. The molecule has 0 saturated carbocycles. The highest BCUT2D eigenvalue weighted by molar-refractivity contribution is 7.80. The smallest absolute Gasteiger partial charge is 0.134 e. The molecule has 6 heteroatoms. The molecule has 0 spiro atoms. The molecule has 0 aromatic carbocycles. The molecule has 1 aromatic rings. The Hall–Kier alpha value is -1.01.